The number of alkyl halides is 3. The molecule has 14 heteroatoms. The molecule has 0 spiro atoms. The third kappa shape index (κ3) is 6.54. The Labute approximate surface area is 227 Å². The molecule has 2 aliphatic rings. The molecule has 0 unspecified atom stereocenters. The zero-order valence-electron chi connectivity index (χ0n) is 22.5. The summed E-state index contributed by atoms with van der Waals surface area (Å²) >= 11 is 0. The minimum absolute atomic E-state index is 0.0185. The first-order chi connectivity index (χ1) is 18.7. The maximum Gasteiger partial charge on any atom is 0.435 e. The van der Waals surface area contributed by atoms with Crippen LogP contribution in [0.3, 0.4) is 0 Å². The van der Waals surface area contributed by atoms with Gasteiger partial charge in [0.05, 0.1) is 25.8 Å². The molecule has 1 N–H and O–H groups in total. The van der Waals surface area contributed by atoms with Crippen LogP contribution < -0.4 is 5.32 Å². The van der Waals surface area contributed by atoms with E-state index in [1.165, 1.54) is 11.5 Å². The SMILES string of the molecule is CCOC(=O)c1c(C(F)(F)F)nc2n1CCN([C@H]1CO[C@H](c3cc(F)ccc3F)[C@@H](NC(=O)OC(C)(C)C)C1)C2. The lowest BCUT2D eigenvalue weighted by atomic mass is 9.92. The quantitative estimate of drug-likeness (QED) is 0.412. The number of benzene rings is 1. The number of ether oxygens (including phenoxy) is 3. The number of nitrogens with zero attached hydrogens (tertiary/aromatic N) is 3. The van der Waals surface area contributed by atoms with Crippen LogP contribution in [0.5, 0.6) is 0 Å². The fraction of sp³-hybridized carbons (Fsp3) is 0.577. The highest BCUT2D eigenvalue weighted by Crippen LogP contribution is 2.36. The van der Waals surface area contributed by atoms with Gasteiger partial charge in [-0.3, -0.25) is 4.90 Å². The topological polar surface area (TPSA) is 94.9 Å². The third-order valence-corrected chi connectivity index (χ3v) is 6.58. The van der Waals surface area contributed by atoms with Gasteiger partial charge < -0.3 is 24.1 Å². The van der Waals surface area contributed by atoms with E-state index < -0.39 is 65.0 Å². The number of fused-ring (bicyclic) bond motifs is 1. The summed E-state index contributed by atoms with van der Waals surface area (Å²) in [6.07, 6.45) is -6.50. The minimum Gasteiger partial charge on any atom is -0.461 e. The Kier molecular flexibility index (Phi) is 8.41. The molecule has 40 heavy (non-hydrogen) atoms. The number of rotatable bonds is 5. The second kappa shape index (κ2) is 11.3. The zero-order chi connectivity index (χ0) is 29.4. The first kappa shape index (κ1) is 29.7. The van der Waals surface area contributed by atoms with Crippen molar-refractivity contribution in [2.45, 2.75) is 77.2 Å². The van der Waals surface area contributed by atoms with E-state index in [1.807, 2.05) is 4.90 Å². The number of amides is 1. The third-order valence-electron chi connectivity index (χ3n) is 6.58. The van der Waals surface area contributed by atoms with Gasteiger partial charge in [0.15, 0.2) is 11.4 Å². The number of aromatic nitrogens is 2. The van der Waals surface area contributed by atoms with E-state index in [1.54, 1.807) is 20.8 Å². The fourth-order valence-electron chi connectivity index (χ4n) is 4.97. The molecular formula is C26H31F5N4O5. The Hall–Kier alpha value is -3.26. The summed E-state index contributed by atoms with van der Waals surface area (Å²) in [6, 6.07) is 1.65. The van der Waals surface area contributed by atoms with E-state index in [0.29, 0.717) is 0 Å². The lowest BCUT2D eigenvalue weighted by Crippen LogP contribution is -2.54. The van der Waals surface area contributed by atoms with Gasteiger partial charge in [0, 0.05) is 24.7 Å². The Morgan fingerprint density at radius 1 is 1.18 bits per heavy atom. The molecule has 1 aromatic heterocycles. The number of halogens is 5. The molecule has 220 valence electrons. The summed E-state index contributed by atoms with van der Waals surface area (Å²) in [7, 11) is 0. The molecule has 3 heterocycles. The number of alkyl carbamates (subject to hydrolysis) is 1. The fourth-order valence-corrected chi connectivity index (χ4v) is 4.97. The molecule has 4 rings (SSSR count). The van der Waals surface area contributed by atoms with E-state index in [9.17, 15) is 31.5 Å². The highest BCUT2D eigenvalue weighted by molar-refractivity contribution is 5.89. The van der Waals surface area contributed by atoms with Gasteiger partial charge in [-0.1, -0.05) is 0 Å². The highest BCUT2D eigenvalue weighted by Gasteiger charge is 2.44. The van der Waals surface area contributed by atoms with Gasteiger partial charge in [0.25, 0.3) is 0 Å². The van der Waals surface area contributed by atoms with Crippen molar-refractivity contribution in [2.75, 3.05) is 19.8 Å². The number of carbonyl (C=O) groups excluding carboxylic acids is 2. The predicted molar refractivity (Wildman–Crippen MR) is 130 cm³/mol. The largest absolute Gasteiger partial charge is 0.461 e. The van der Waals surface area contributed by atoms with E-state index >= 15 is 0 Å². The van der Waals surface area contributed by atoms with Crippen molar-refractivity contribution in [3.8, 4) is 0 Å². The second-order valence-corrected chi connectivity index (χ2v) is 10.6. The molecule has 1 amide bonds. The number of carbonyl (C=O) groups is 2. The Morgan fingerprint density at radius 3 is 2.55 bits per heavy atom. The lowest BCUT2D eigenvalue weighted by Gasteiger charge is -2.43. The number of hydrogen-bond acceptors (Lipinski definition) is 7. The van der Waals surface area contributed by atoms with Crippen molar-refractivity contribution in [2.24, 2.45) is 0 Å². The summed E-state index contributed by atoms with van der Waals surface area (Å²) in [4.78, 5) is 30.5. The number of esters is 1. The van der Waals surface area contributed by atoms with Crippen molar-refractivity contribution in [3.05, 3.63) is 52.6 Å². The molecule has 0 saturated carbocycles. The minimum atomic E-state index is -4.87. The number of hydrogen-bond donors (Lipinski definition) is 1. The Balaban J connectivity index is 1.59. The summed E-state index contributed by atoms with van der Waals surface area (Å²) in [5, 5.41) is 2.69. The molecule has 0 aliphatic carbocycles. The van der Waals surface area contributed by atoms with Crippen molar-refractivity contribution >= 4 is 12.1 Å². The molecule has 1 fully saturated rings. The molecule has 0 radical (unpaired) electrons. The van der Waals surface area contributed by atoms with Gasteiger partial charge >= 0.3 is 18.2 Å². The second-order valence-electron chi connectivity index (χ2n) is 10.6. The van der Waals surface area contributed by atoms with Crippen LogP contribution in [0.4, 0.5) is 26.7 Å². The van der Waals surface area contributed by atoms with Gasteiger partial charge in [-0.05, 0) is 52.3 Å². The molecular weight excluding hydrogens is 543 g/mol. The smallest absolute Gasteiger partial charge is 0.435 e. The summed E-state index contributed by atoms with van der Waals surface area (Å²) in [5.41, 5.74) is -2.86. The molecule has 0 bridgehead atoms. The summed E-state index contributed by atoms with van der Waals surface area (Å²) in [5.74, 6) is -2.48. The maximum absolute atomic E-state index is 14.7. The monoisotopic (exact) mass is 574 g/mol. The summed E-state index contributed by atoms with van der Waals surface area (Å²) in [6.45, 7) is 6.65. The predicted octanol–water partition coefficient (Wildman–Crippen LogP) is 4.60. The molecule has 2 aliphatic heterocycles. The molecule has 9 nitrogen and oxygen atoms in total. The highest BCUT2D eigenvalue weighted by atomic mass is 19.4. The Bertz CT molecular complexity index is 1260. The lowest BCUT2D eigenvalue weighted by molar-refractivity contribution is -0.141. The standard InChI is InChI=1S/C26H31F5N4O5/c1-5-38-23(36)20-22(26(29,30)31)33-19-12-34(8-9-35(19)20)15-11-18(32-24(37)40-25(2,3)4)21(39-13-15)16-10-14(27)6-7-17(16)28/h6-7,10,15,18,21H,5,8-9,11-13H2,1-4H3,(H,32,37)/t15-,18+,21-/m1/s1. The number of nitrogens with one attached hydrogen (secondary N) is 1. The van der Waals surface area contributed by atoms with E-state index in [4.69, 9.17) is 14.2 Å². The van der Waals surface area contributed by atoms with Crippen LogP contribution in [0, 0.1) is 11.6 Å². The first-order valence-electron chi connectivity index (χ1n) is 12.8. The maximum atomic E-state index is 14.7. The van der Waals surface area contributed by atoms with Gasteiger partial charge in [-0.2, -0.15) is 13.2 Å². The van der Waals surface area contributed by atoms with Crippen molar-refractivity contribution in [3.63, 3.8) is 0 Å². The van der Waals surface area contributed by atoms with E-state index in [-0.39, 0.29) is 50.7 Å². The molecule has 2 aromatic rings. The van der Waals surface area contributed by atoms with Gasteiger partial charge in [0.2, 0.25) is 0 Å². The van der Waals surface area contributed by atoms with Crippen LogP contribution in [0.2, 0.25) is 0 Å². The van der Waals surface area contributed by atoms with Crippen molar-refractivity contribution in [1.29, 1.82) is 0 Å². The van der Waals surface area contributed by atoms with Crippen LogP contribution in [0.15, 0.2) is 18.2 Å². The van der Waals surface area contributed by atoms with Crippen molar-refractivity contribution < 1.29 is 45.8 Å². The van der Waals surface area contributed by atoms with Gasteiger partial charge in [0.1, 0.15) is 29.2 Å². The average Bonchev–Trinajstić information content (AvgIpc) is 3.24. The van der Waals surface area contributed by atoms with Crippen molar-refractivity contribution in [1.82, 2.24) is 19.8 Å². The Morgan fingerprint density at radius 2 is 1.90 bits per heavy atom. The normalized spacial score (nSPS) is 22.0. The van der Waals surface area contributed by atoms with Crippen LogP contribution in [-0.4, -0.2) is 64.0 Å². The van der Waals surface area contributed by atoms with Gasteiger partial charge in [-0.25, -0.2) is 23.4 Å². The van der Waals surface area contributed by atoms with Gasteiger partial charge in [-0.15, -0.1) is 0 Å². The zero-order valence-corrected chi connectivity index (χ0v) is 22.5. The molecule has 3 atom stereocenters. The van der Waals surface area contributed by atoms with E-state index in [0.717, 1.165) is 18.2 Å². The van der Waals surface area contributed by atoms with Crippen LogP contribution >= 0.6 is 0 Å². The van der Waals surface area contributed by atoms with Crippen LogP contribution in [-0.2, 0) is 33.5 Å². The van der Waals surface area contributed by atoms with Crippen LogP contribution in [0.1, 0.15) is 67.8 Å². The molecule has 1 saturated heterocycles. The average molecular weight is 575 g/mol. The number of imidazole rings is 1. The first-order valence-corrected chi connectivity index (χ1v) is 12.8. The van der Waals surface area contributed by atoms with Crippen LogP contribution in [0.25, 0.3) is 0 Å². The van der Waals surface area contributed by atoms with E-state index in [2.05, 4.69) is 10.3 Å². The summed E-state index contributed by atoms with van der Waals surface area (Å²) < 4.78 is 87.1. The molecule has 1 aromatic carbocycles.